The SMILES string of the molecule is O=C(O)c1c(-c2cccnc2)nc2ccccn12. The first-order chi connectivity index (χ1) is 8.77. The van der Waals surface area contributed by atoms with Crippen molar-refractivity contribution >= 4 is 11.6 Å². The van der Waals surface area contributed by atoms with Crippen LogP contribution in [-0.4, -0.2) is 25.4 Å². The molecule has 0 saturated heterocycles. The molecule has 3 rings (SSSR count). The van der Waals surface area contributed by atoms with Crippen LogP contribution in [0.5, 0.6) is 0 Å². The number of aromatic nitrogens is 3. The molecule has 0 atom stereocenters. The number of fused-ring (bicyclic) bond motifs is 1. The van der Waals surface area contributed by atoms with E-state index in [4.69, 9.17) is 0 Å². The average Bonchev–Trinajstić information content (AvgIpc) is 2.79. The quantitative estimate of drug-likeness (QED) is 0.743. The molecule has 1 N–H and O–H groups in total. The average molecular weight is 239 g/mol. The van der Waals surface area contributed by atoms with Gasteiger partial charge in [-0.15, -0.1) is 0 Å². The molecule has 0 aliphatic heterocycles. The van der Waals surface area contributed by atoms with Crippen LogP contribution >= 0.6 is 0 Å². The topological polar surface area (TPSA) is 67.5 Å². The molecule has 18 heavy (non-hydrogen) atoms. The molecule has 3 aromatic heterocycles. The van der Waals surface area contributed by atoms with Crippen molar-refractivity contribution in [1.82, 2.24) is 14.4 Å². The number of hydrogen-bond acceptors (Lipinski definition) is 3. The Morgan fingerprint density at radius 3 is 2.83 bits per heavy atom. The predicted octanol–water partition coefficient (Wildman–Crippen LogP) is 2.09. The van der Waals surface area contributed by atoms with E-state index in [2.05, 4.69) is 9.97 Å². The smallest absolute Gasteiger partial charge is 0.355 e. The minimum Gasteiger partial charge on any atom is -0.476 e. The van der Waals surface area contributed by atoms with Crippen molar-refractivity contribution in [2.45, 2.75) is 0 Å². The number of imidazole rings is 1. The lowest BCUT2D eigenvalue weighted by Crippen LogP contribution is -2.03. The van der Waals surface area contributed by atoms with Gasteiger partial charge in [-0.2, -0.15) is 0 Å². The first kappa shape index (κ1) is 10.5. The van der Waals surface area contributed by atoms with E-state index < -0.39 is 5.97 Å². The summed E-state index contributed by atoms with van der Waals surface area (Å²) in [5, 5.41) is 9.33. The van der Waals surface area contributed by atoms with Crippen LogP contribution in [-0.2, 0) is 0 Å². The number of carbonyl (C=O) groups is 1. The summed E-state index contributed by atoms with van der Waals surface area (Å²) in [4.78, 5) is 19.7. The number of nitrogens with zero attached hydrogens (tertiary/aromatic N) is 3. The second-order valence-electron chi connectivity index (χ2n) is 3.78. The summed E-state index contributed by atoms with van der Waals surface area (Å²) < 4.78 is 1.56. The maximum absolute atomic E-state index is 11.4. The van der Waals surface area contributed by atoms with Gasteiger partial charge in [-0.05, 0) is 24.3 Å². The van der Waals surface area contributed by atoms with Crippen LogP contribution in [0.15, 0.2) is 48.9 Å². The fourth-order valence-corrected chi connectivity index (χ4v) is 1.90. The Labute approximate surface area is 102 Å². The molecule has 0 spiro atoms. The lowest BCUT2D eigenvalue weighted by Gasteiger charge is -1.99. The number of carboxylic acids is 1. The molecule has 0 aromatic carbocycles. The molecule has 0 radical (unpaired) electrons. The molecule has 3 heterocycles. The normalized spacial score (nSPS) is 10.7. The van der Waals surface area contributed by atoms with Gasteiger partial charge in [0.2, 0.25) is 0 Å². The number of carboxylic acid groups (broad SMARTS) is 1. The van der Waals surface area contributed by atoms with Crippen LogP contribution in [0.25, 0.3) is 16.9 Å². The predicted molar refractivity (Wildman–Crippen MR) is 65.4 cm³/mol. The summed E-state index contributed by atoms with van der Waals surface area (Å²) in [6.45, 7) is 0. The van der Waals surface area contributed by atoms with Crippen molar-refractivity contribution in [3.63, 3.8) is 0 Å². The molecule has 0 fully saturated rings. The van der Waals surface area contributed by atoms with E-state index in [0.29, 0.717) is 16.9 Å². The Hall–Kier alpha value is -2.69. The fourth-order valence-electron chi connectivity index (χ4n) is 1.90. The van der Waals surface area contributed by atoms with E-state index in [-0.39, 0.29) is 5.69 Å². The summed E-state index contributed by atoms with van der Waals surface area (Å²) in [5.74, 6) is -1.01. The van der Waals surface area contributed by atoms with Gasteiger partial charge in [0.05, 0.1) is 0 Å². The Morgan fingerprint density at radius 2 is 2.11 bits per heavy atom. The van der Waals surface area contributed by atoms with Gasteiger partial charge in [-0.25, -0.2) is 9.78 Å². The zero-order chi connectivity index (χ0) is 12.5. The van der Waals surface area contributed by atoms with Crippen LogP contribution in [0.2, 0.25) is 0 Å². The Morgan fingerprint density at radius 1 is 1.22 bits per heavy atom. The molecule has 0 amide bonds. The van der Waals surface area contributed by atoms with Crippen molar-refractivity contribution in [1.29, 1.82) is 0 Å². The van der Waals surface area contributed by atoms with Gasteiger partial charge in [0, 0.05) is 24.2 Å². The molecule has 0 aliphatic carbocycles. The van der Waals surface area contributed by atoms with Crippen LogP contribution in [0, 0.1) is 0 Å². The van der Waals surface area contributed by atoms with Gasteiger partial charge in [0.25, 0.3) is 0 Å². The Bertz CT molecular complexity index is 719. The molecule has 0 unspecified atom stereocenters. The highest BCUT2D eigenvalue weighted by Crippen LogP contribution is 2.23. The molecule has 0 saturated carbocycles. The molecule has 3 aromatic rings. The van der Waals surface area contributed by atoms with Gasteiger partial charge < -0.3 is 5.11 Å². The standard InChI is InChI=1S/C13H9N3O2/c17-13(18)12-11(9-4-3-6-14-8-9)15-10-5-1-2-7-16(10)12/h1-8H,(H,17,18). The first-order valence-electron chi connectivity index (χ1n) is 5.38. The van der Waals surface area contributed by atoms with Crippen molar-refractivity contribution in [2.75, 3.05) is 0 Å². The summed E-state index contributed by atoms with van der Waals surface area (Å²) in [6, 6.07) is 8.91. The lowest BCUT2D eigenvalue weighted by molar-refractivity contribution is 0.0690. The third-order valence-electron chi connectivity index (χ3n) is 2.67. The van der Waals surface area contributed by atoms with Gasteiger partial charge in [0.15, 0.2) is 5.69 Å². The van der Waals surface area contributed by atoms with E-state index in [1.54, 1.807) is 47.3 Å². The zero-order valence-corrected chi connectivity index (χ0v) is 9.32. The van der Waals surface area contributed by atoms with E-state index >= 15 is 0 Å². The van der Waals surface area contributed by atoms with E-state index in [0.717, 1.165) is 0 Å². The van der Waals surface area contributed by atoms with E-state index in [1.807, 2.05) is 6.07 Å². The number of pyridine rings is 2. The summed E-state index contributed by atoms with van der Waals surface area (Å²) in [5.41, 5.74) is 1.88. The number of rotatable bonds is 2. The van der Waals surface area contributed by atoms with Crippen molar-refractivity contribution in [2.24, 2.45) is 0 Å². The highest BCUT2D eigenvalue weighted by Gasteiger charge is 2.19. The van der Waals surface area contributed by atoms with Crippen LogP contribution < -0.4 is 0 Å². The molecular weight excluding hydrogens is 230 g/mol. The van der Waals surface area contributed by atoms with Gasteiger partial charge in [0.1, 0.15) is 11.3 Å². The third kappa shape index (κ3) is 1.53. The maximum Gasteiger partial charge on any atom is 0.355 e. The second kappa shape index (κ2) is 3.96. The molecule has 5 nitrogen and oxygen atoms in total. The first-order valence-corrected chi connectivity index (χ1v) is 5.38. The van der Waals surface area contributed by atoms with Gasteiger partial charge in [-0.1, -0.05) is 6.07 Å². The number of aromatic carboxylic acids is 1. The lowest BCUT2D eigenvalue weighted by atomic mass is 10.2. The largest absolute Gasteiger partial charge is 0.476 e. The highest BCUT2D eigenvalue weighted by atomic mass is 16.4. The minimum atomic E-state index is -1.01. The molecule has 0 bridgehead atoms. The third-order valence-corrected chi connectivity index (χ3v) is 2.67. The van der Waals surface area contributed by atoms with Crippen LogP contribution in [0.1, 0.15) is 10.5 Å². The van der Waals surface area contributed by atoms with Gasteiger partial charge in [-0.3, -0.25) is 9.38 Å². The van der Waals surface area contributed by atoms with Gasteiger partial charge >= 0.3 is 5.97 Å². The summed E-state index contributed by atoms with van der Waals surface area (Å²) >= 11 is 0. The Balaban J connectivity index is 2.36. The maximum atomic E-state index is 11.4. The number of hydrogen-bond donors (Lipinski definition) is 1. The highest BCUT2D eigenvalue weighted by molar-refractivity contribution is 5.94. The van der Waals surface area contributed by atoms with Crippen molar-refractivity contribution in [3.8, 4) is 11.3 Å². The van der Waals surface area contributed by atoms with E-state index in [9.17, 15) is 9.90 Å². The molecule has 5 heteroatoms. The Kier molecular flexibility index (Phi) is 2.30. The van der Waals surface area contributed by atoms with Crippen LogP contribution in [0.3, 0.4) is 0 Å². The van der Waals surface area contributed by atoms with Crippen LogP contribution in [0.4, 0.5) is 0 Å². The monoisotopic (exact) mass is 239 g/mol. The molecular formula is C13H9N3O2. The summed E-state index contributed by atoms with van der Waals surface area (Å²) in [6.07, 6.45) is 4.93. The molecule has 0 aliphatic rings. The minimum absolute atomic E-state index is 0.151. The summed E-state index contributed by atoms with van der Waals surface area (Å²) in [7, 11) is 0. The fraction of sp³-hybridized carbons (Fsp3) is 0. The zero-order valence-electron chi connectivity index (χ0n) is 9.32. The van der Waals surface area contributed by atoms with Crippen molar-refractivity contribution < 1.29 is 9.90 Å². The van der Waals surface area contributed by atoms with E-state index in [1.165, 1.54) is 0 Å². The molecule has 88 valence electrons. The second-order valence-corrected chi connectivity index (χ2v) is 3.78. The van der Waals surface area contributed by atoms with Crippen molar-refractivity contribution in [3.05, 3.63) is 54.6 Å².